The molecule has 0 bridgehead atoms. The molecule has 0 amide bonds. The molecule has 0 aromatic rings. The van der Waals surface area contributed by atoms with Gasteiger partial charge in [0, 0.05) is 12.6 Å². The van der Waals surface area contributed by atoms with Crippen LogP contribution in [0.25, 0.3) is 0 Å². The quantitative estimate of drug-likeness (QED) is 0.714. The maximum absolute atomic E-state index is 15.4. The van der Waals surface area contributed by atoms with Crippen LogP contribution in [0, 0.1) is 23.7 Å². The van der Waals surface area contributed by atoms with E-state index in [0.717, 1.165) is 30.5 Å². The molecule has 1 nitrogen and oxygen atoms in total. The molecule has 0 spiro atoms. The van der Waals surface area contributed by atoms with E-state index in [1.807, 2.05) is 6.92 Å². The maximum Gasteiger partial charge on any atom is 0.210 e. The van der Waals surface area contributed by atoms with Crippen LogP contribution in [-0.4, -0.2) is 18.3 Å². The molecule has 1 N–H and O–H groups in total. The average Bonchev–Trinajstić information content (AvgIpc) is 2.51. The van der Waals surface area contributed by atoms with Crippen molar-refractivity contribution >= 4 is 0 Å². The van der Waals surface area contributed by atoms with Crippen molar-refractivity contribution in [1.29, 1.82) is 0 Å². The van der Waals surface area contributed by atoms with Gasteiger partial charge in [-0.2, -0.15) is 0 Å². The summed E-state index contributed by atoms with van der Waals surface area (Å²) in [7, 11) is 0. The molecule has 0 radical (unpaired) electrons. The molecule has 120 valence electrons. The van der Waals surface area contributed by atoms with E-state index in [2.05, 4.69) is 50.1 Å². The summed E-state index contributed by atoms with van der Waals surface area (Å²) in [6.45, 7) is 9.39. The van der Waals surface area contributed by atoms with Crippen LogP contribution < -0.4 is 5.32 Å². The summed E-state index contributed by atoms with van der Waals surface area (Å²) in [5, 5.41) is 3.66. The summed E-state index contributed by atoms with van der Waals surface area (Å²) >= 11 is 0. The Hall–Kier alpha value is -1.59. The third-order valence-corrected chi connectivity index (χ3v) is 5.87. The van der Waals surface area contributed by atoms with Crippen molar-refractivity contribution < 1.29 is 4.39 Å². The molecule has 23 heavy (non-hydrogen) atoms. The lowest BCUT2D eigenvalue weighted by molar-refractivity contribution is 0.225. The predicted octanol–water partition coefficient (Wildman–Crippen LogP) is 4.25. The van der Waals surface area contributed by atoms with E-state index < -0.39 is 5.67 Å². The van der Waals surface area contributed by atoms with Crippen LogP contribution in [0.5, 0.6) is 0 Å². The lowest BCUT2D eigenvalue weighted by Crippen LogP contribution is -2.49. The molecule has 0 fully saturated rings. The number of halogens is 1. The molecular formula is C21H24FN. The Morgan fingerprint density at radius 3 is 2.87 bits per heavy atom. The largest absolute Gasteiger partial charge is 0.309 e. The van der Waals surface area contributed by atoms with Gasteiger partial charge in [0.05, 0.1) is 5.92 Å². The fraction of sp³-hybridized carbons (Fsp3) is 0.524. The van der Waals surface area contributed by atoms with E-state index in [4.69, 9.17) is 0 Å². The minimum absolute atomic E-state index is 0.275. The number of fused-ring (bicyclic) bond motifs is 4. The van der Waals surface area contributed by atoms with Crippen molar-refractivity contribution in [3.05, 3.63) is 45.6 Å². The van der Waals surface area contributed by atoms with Gasteiger partial charge in [-0.15, -0.1) is 0 Å². The predicted molar refractivity (Wildman–Crippen MR) is 92.5 cm³/mol. The number of alkyl halides is 1. The molecule has 0 saturated carbocycles. The summed E-state index contributed by atoms with van der Waals surface area (Å²) in [6.07, 6.45) is 6.69. The smallest absolute Gasteiger partial charge is 0.210 e. The summed E-state index contributed by atoms with van der Waals surface area (Å²) in [4.78, 5) is 0. The summed E-state index contributed by atoms with van der Waals surface area (Å²) < 4.78 is 15.4. The Morgan fingerprint density at radius 1 is 1.43 bits per heavy atom. The molecule has 1 unspecified atom stereocenters. The normalized spacial score (nSPS) is 39.8. The Kier molecular flexibility index (Phi) is 3.22. The lowest BCUT2D eigenvalue weighted by atomic mass is 9.59. The highest BCUT2D eigenvalue weighted by atomic mass is 19.1. The van der Waals surface area contributed by atoms with Gasteiger partial charge in [-0.25, -0.2) is 4.39 Å². The van der Waals surface area contributed by atoms with Gasteiger partial charge in [0.1, 0.15) is 0 Å². The van der Waals surface area contributed by atoms with E-state index in [1.165, 1.54) is 22.3 Å². The average molecular weight is 309 g/mol. The number of hydrogen-bond acceptors (Lipinski definition) is 1. The first-order chi connectivity index (χ1) is 11.0. The number of hydrogen-bond donors (Lipinski definition) is 1. The van der Waals surface area contributed by atoms with Crippen LogP contribution in [0.1, 0.15) is 40.5 Å². The zero-order valence-electron chi connectivity index (χ0n) is 14.4. The van der Waals surface area contributed by atoms with Gasteiger partial charge in [0.25, 0.3) is 0 Å². The molecular weight excluding hydrogens is 285 g/mol. The van der Waals surface area contributed by atoms with Crippen LogP contribution in [0.3, 0.4) is 0 Å². The number of rotatable bonds is 1. The maximum atomic E-state index is 15.4. The monoisotopic (exact) mass is 309 g/mol. The van der Waals surface area contributed by atoms with Gasteiger partial charge >= 0.3 is 0 Å². The van der Waals surface area contributed by atoms with Gasteiger partial charge in [-0.3, -0.25) is 0 Å². The highest BCUT2D eigenvalue weighted by Crippen LogP contribution is 2.54. The van der Waals surface area contributed by atoms with Gasteiger partial charge in [0.2, 0.25) is 5.67 Å². The Balaban J connectivity index is 1.99. The molecule has 0 saturated heterocycles. The molecule has 3 aliphatic carbocycles. The standard InChI is InChI=1S/C21H24FN/c1-5-6-15-10-18-16(9-12(2)11-23-18)20-17-7-8-21(17,22)14(4)13(3)19(15)20/h6,9,12,17-18,23H,5,10-11H2,1-4H3/b15-6-/t12-,17?,18+,21+/m0/s1. The summed E-state index contributed by atoms with van der Waals surface area (Å²) in [5.41, 5.74) is 5.62. The van der Waals surface area contributed by atoms with Crippen molar-refractivity contribution in [3.8, 4) is 11.8 Å². The number of allylic oxidation sites excluding steroid dienone is 4. The molecule has 1 heterocycles. The Bertz CT molecular complexity index is 767. The second-order valence-electron chi connectivity index (χ2n) is 7.35. The van der Waals surface area contributed by atoms with Crippen LogP contribution >= 0.6 is 0 Å². The van der Waals surface area contributed by atoms with Crippen LogP contribution in [0.2, 0.25) is 0 Å². The van der Waals surface area contributed by atoms with Gasteiger partial charge < -0.3 is 5.32 Å². The van der Waals surface area contributed by atoms with E-state index in [9.17, 15) is 0 Å². The molecule has 4 rings (SSSR count). The topological polar surface area (TPSA) is 12.0 Å². The highest BCUT2D eigenvalue weighted by Gasteiger charge is 2.53. The molecule has 1 aliphatic heterocycles. The molecule has 4 aliphatic rings. The van der Waals surface area contributed by atoms with Crippen molar-refractivity contribution in [1.82, 2.24) is 5.32 Å². The minimum Gasteiger partial charge on any atom is -0.309 e. The van der Waals surface area contributed by atoms with Crippen LogP contribution in [0.4, 0.5) is 4.39 Å². The first-order valence-corrected chi connectivity index (χ1v) is 8.76. The minimum atomic E-state index is -1.44. The fourth-order valence-corrected chi connectivity index (χ4v) is 4.52. The molecule has 2 heteroatoms. The van der Waals surface area contributed by atoms with Crippen molar-refractivity contribution in [2.75, 3.05) is 6.54 Å². The SMILES string of the molecule is CC/C=C1/C[C@H]2NC[C@@H](C)C=C2C2=C1C(C)=C(C)[C@]1(F)C#CC21. The van der Waals surface area contributed by atoms with Crippen LogP contribution in [-0.2, 0) is 0 Å². The van der Waals surface area contributed by atoms with Gasteiger partial charge in [0.15, 0.2) is 0 Å². The third-order valence-electron chi connectivity index (χ3n) is 5.87. The highest BCUT2D eigenvalue weighted by molar-refractivity contribution is 5.71. The fourth-order valence-electron chi connectivity index (χ4n) is 4.52. The van der Waals surface area contributed by atoms with Gasteiger partial charge in [-0.1, -0.05) is 37.8 Å². The third kappa shape index (κ3) is 1.90. The van der Waals surface area contributed by atoms with E-state index >= 15 is 4.39 Å². The van der Waals surface area contributed by atoms with E-state index in [0.29, 0.717) is 12.0 Å². The van der Waals surface area contributed by atoms with Gasteiger partial charge in [-0.05, 0) is 66.0 Å². The molecule has 0 aromatic carbocycles. The van der Waals surface area contributed by atoms with Crippen molar-refractivity contribution in [2.45, 2.75) is 52.2 Å². The summed E-state index contributed by atoms with van der Waals surface area (Å²) in [6, 6.07) is 0.320. The Morgan fingerprint density at radius 2 is 2.22 bits per heavy atom. The summed E-state index contributed by atoms with van der Waals surface area (Å²) in [5.74, 6) is 6.16. The zero-order chi connectivity index (χ0) is 16.4. The second-order valence-corrected chi connectivity index (χ2v) is 7.35. The van der Waals surface area contributed by atoms with E-state index in [-0.39, 0.29) is 5.92 Å². The first-order valence-electron chi connectivity index (χ1n) is 8.76. The lowest BCUT2D eigenvalue weighted by Gasteiger charge is -2.47. The molecule has 4 atom stereocenters. The Labute approximate surface area is 138 Å². The second kappa shape index (κ2) is 4.95. The molecule has 0 aromatic heterocycles. The first kappa shape index (κ1) is 15.0. The van der Waals surface area contributed by atoms with E-state index in [1.54, 1.807) is 0 Å². The van der Waals surface area contributed by atoms with Crippen molar-refractivity contribution in [3.63, 3.8) is 0 Å². The number of nitrogens with one attached hydrogen (secondary N) is 1. The zero-order valence-corrected chi connectivity index (χ0v) is 14.4. The van der Waals surface area contributed by atoms with Crippen molar-refractivity contribution in [2.24, 2.45) is 11.8 Å². The van der Waals surface area contributed by atoms with Crippen LogP contribution in [0.15, 0.2) is 45.6 Å².